The van der Waals surface area contributed by atoms with Crippen LogP contribution in [0.1, 0.15) is 0 Å². The minimum absolute atomic E-state index is 0.656. The van der Waals surface area contributed by atoms with E-state index in [0.717, 1.165) is 19.4 Å². The van der Waals surface area contributed by atoms with Gasteiger partial charge in [0.1, 0.15) is 0 Å². The van der Waals surface area contributed by atoms with Crippen molar-refractivity contribution in [1.29, 1.82) is 0 Å². The molecule has 4 nitrogen and oxygen atoms in total. The molecule has 0 fully saturated rings. The zero-order valence-electron chi connectivity index (χ0n) is 12.1. The monoisotopic (exact) mass is 263 g/mol. The third-order valence-electron chi connectivity index (χ3n) is 1.96. The highest BCUT2D eigenvalue weighted by molar-refractivity contribution is 6.76. The first-order valence-corrected chi connectivity index (χ1v) is 10.0. The molecule has 0 N–H and O–H groups in total. The van der Waals surface area contributed by atoms with Crippen LogP contribution in [0.2, 0.25) is 19.6 Å². The van der Waals surface area contributed by atoms with Gasteiger partial charge in [0.25, 0.3) is 0 Å². The van der Waals surface area contributed by atoms with Crippen LogP contribution in [0.4, 0.5) is 0 Å². The number of nitrogens with zero attached hydrogens (tertiary/aromatic N) is 1. The summed E-state index contributed by atoms with van der Waals surface area (Å²) in [5.74, 6) is 0. The molecule has 0 spiro atoms. The lowest BCUT2D eigenvalue weighted by Gasteiger charge is -2.15. The Balaban J connectivity index is 3.04. The van der Waals surface area contributed by atoms with E-state index in [1.54, 1.807) is 0 Å². The van der Waals surface area contributed by atoms with E-state index in [1.807, 2.05) is 14.1 Å². The number of ether oxygens (including phenoxy) is 3. The molecule has 0 aromatic heterocycles. The third-order valence-corrected chi connectivity index (χ3v) is 3.03. The fourth-order valence-electron chi connectivity index (χ4n) is 1.07. The van der Waals surface area contributed by atoms with Gasteiger partial charge in [0.05, 0.1) is 41.1 Å². The maximum atomic E-state index is 5.55. The molecule has 0 aliphatic heterocycles. The Morgan fingerprint density at radius 2 is 1.24 bits per heavy atom. The van der Waals surface area contributed by atoms with Crippen LogP contribution in [0, 0.1) is 0 Å². The molecule has 0 bridgehead atoms. The number of likely N-dealkylation sites (N-methyl/N-ethyl adjacent to an activating group) is 1. The van der Waals surface area contributed by atoms with E-state index in [-0.39, 0.29) is 0 Å². The molecule has 0 aromatic carbocycles. The summed E-state index contributed by atoms with van der Waals surface area (Å²) in [5.41, 5.74) is 0. The van der Waals surface area contributed by atoms with Crippen LogP contribution < -0.4 is 0 Å². The predicted octanol–water partition coefficient (Wildman–Crippen LogP) is 1.48. The smallest absolute Gasteiger partial charge is 0.0746 e. The molecule has 0 atom stereocenters. The topological polar surface area (TPSA) is 30.9 Å². The SMILES string of the molecule is CN(C)CCOCCOCCOC[Si](C)(C)C. The quantitative estimate of drug-likeness (QED) is 0.417. The highest BCUT2D eigenvalue weighted by atomic mass is 28.3. The molecule has 17 heavy (non-hydrogen) atoms. The molecule has 0 saturated heterocycles. The van der Waals surface area contributed by atoms with Crippen LogP contribution in [0.5, 0.6) is 0 Å². The highest BCUT2D eigenvalue weighted by Gasteiger charge is 2.12. The summed E-state index contributed by atoms with van der Waals surface area (Å²) in [6, 6.07) is 0. The van der Waals surface area contributed by atoms with Crippen LogP contribution in [-0.4, -0.2) is 72.9 Å². The van der Waals surface area contributed by atoms with Crippen molar-refractivity contribution in [2.24, 2.45) is 0 Å². The van der Waals surface area contributed by atoms with Crippen molar-refractivity contribution in [3.8, 4) is 0 Å². The number of hydrogen-bond donors (Lipinski definition) is 0. The molecule has 0 aliphatic carbocycles. The van der Waals surface area contributed by atoms with Crippen LogP contribution in [-0.2, 0) is 14.2 Å². The fraction of sp³-hybridized carbons (Fsp3) is 1.00. The van der Waals surface area contributed by atoms with Crippen molar-refractivity contribution in [2.75, 3.05) is 59.9 Å². The molecule has 0 unspecified atom stereocenters. The second-order valence-corrected chi connectivity index (χ2v) is 11.1. The normalized spacial score (nSPS) is 12.4. The Labute approximate surface area is 107 Å². The van der Waals surface area contributed by atoms with E-state index >= 15 is 0 Å². The average Bonchev–Trinajstić information content (AvgIpc) is 2.18. The zero-order chi connectivity index (χ0) is 13.1. The van der Waals surface area contributed by atoms with Gasteiger partial charge in [-0.15, -0.1) is 0 Å². The Morgan fingerprint density at radius 1 is 0.765 bits per heavy atom. The number of hydrogen-bond acceptors (Lipinski definition) is 4. The minimum Gasteiger partial charge on any atom is -0.382 e. The Kier molecular flexibility index (Phi) is 10.1. The van der Waals surface area contributed by atoms with Gasteiger partial charge in [-0.25, -0.2) is 0 Å². The van der Waals surface area contributed by atoms with Gasteiger partial charge < -0.3 is 19.1 Å². The Hall–Kier alpha value is 0.0569. The maximum Gasteiger partial charge on any atom is 0.0746 e. The second-order valence-electron chi connectivity index (χ2n) is 5.64. The van der Waals surface area contributed by atoms with E-state index in [2.05, 4.69) is 24.5 Å². The summed E-state index contributed by atoms with van der Waals surface area (Å²) in [7, 11) is 3.01. The van der Waals surface area contributed by atoms with Gasteiger partial charge in [0.15, 0.2) is 0 Å². The van der Waals surface area contributed by atoms with E-state index < -0.39 is 8.07 Å². The predicted molar refractivity (Wildman–Crippen MR) is 74.4 cm³/mol. The molecule has 5 heteroatoms. The van der Waals surface area contributed by atoms with Gasteiger partial charge in [0, 0.05) is 12.8 Å². The molecular weight excluding hydrogens is 234 g/mol. The van der Waals surface area contributed by atoms with Gasteiger partial charge in [-0.3, -0.25) is 0 Å². The Morgan fingerprint density at radius 3 is 1.71 bits per heavy atom. The summed E-state index contributed by atoms with van der Waals surface area (Å²) in [4.78, 5) is 2.10. The fourth-order valence-corrected chi connectivity index (χ4v) is 1.82. The molecule has 104 valence electrons. The average molecular weight is 263 g/mol. The summed E-state index contributed by atoms with van der Waals surface area (Å²) in [6.45, 7) is 11.3. The van der Waals surface area contributed by atoms with E-state index in [0.29, 0.717) is 26.4 Å². The van der Waals surface area contributed by atoms with Crippen molar-refractivity contribution in [3.63, 3.8) is 0 Å². The highest BCUT2D eigenvalue weighted by Crippen LogP contribution is 1.99. The lowest BCUT2D eigenvalue weighted by Crippen LogP contribution is -2.29. The van der Waals surface area contributed by atoms with Gasteiger partial charge in [-0.1, -0.05) is 19.6 Å². The van der Waals surface area contributed by atoms with Crippen molar-refractivity contribution < 1.29 is 14.2 Å². The lowest BCUT2D eigenvalue weighted by molar-refractivity contribution is 0.0186. The van der Waals surface area contributed by atoms with Crippen LogP contribution in [0.15, 0.2) is 0 Å². The standard InChI is InChI=1S/C12H29NO3Si/c1-13(2)6-7-14-8-9-15-10-11-16-12-17(3,4)5/h6-12H2,1-5H3. The molecular formula is C12H29NO3Si. The first-order chi connectivity index (χ1) is 7.92. The molecule has 0 radical (unpaired) electrons. The maximum absolute atomic E-state index is 5.55. The molecule has 0 rings (SSSR count). The largest absolute Gasteiger partial charge is 0.382 e. The minimum atomic E-state index is -1.06. The van der Waals surface area contributed by atoms with Gasteiger partial charge in [0.2, 0.25) is 0 Å². The number of rotatable bonds is 11. The molecule has 0 aromatic rings. The van der Waals surface area contributed by atoms with Crippen LogP contribution in [0.25, 0.3) is 0 Å². The third kappa shape index (κ3) is 16.1. The van der Waals surface area contributed by atoms with Gasteiger partial charge in [-0.2, -0.15) is 0 Å². The molecule has 0 heterocycles. The summed E-state index contributed by atoms with van der Waals surface area (Å²) in [6.07, 6.45) is 0.912. The molecule has 0 saturated carbocycles. The summed E-state index contributed by atoms with van der Waals surface area (Å²) in [5, 5.41) is 0. The Bertz CT molecular complexity index is 172. The van der Waals surface area contributed by atoms with Crippen molar-refractivity contribution in [2.45, 2.75) is 19.6 Å². The first kappa shape index (κ1) is 17.1. The van der Waals surface area contributed by atoms with Crippen molar-refractivity contribution in [1.82, 2.24) is 4.90 Å². The molecule has 0 amide bonds. The van der Waals surface area contributed by atoms with Crippen LogP contribution >= 0.6 is 0 Å². The van der Waals surface area contributed by atoms with Crippen molar-refractivity contribution in [3.05, 3.63) is 0 Å². The van der Waals surface area contributed by atoms with Gasteiger partial charge in [-0.05, 0) is 14.1 Å². The van der Waals surface area contributed by atoms with E-state index in [4.69, 9.17) is 14.2 Å². The summed E-state index contributed by atoms with van der Waals surface area (Å²) < 4.78 is 16.4. The van der Waals surface area contributed by atoms with Crippen LogP contribution in [0.3, 0.4) is 0 Å². The molecule has 0 aliphatic rings. The summed E-state index contributed by atoms with van der Waals surface area (Å²) >= 11 is 0. The zero-order valence-corrected chi connectivity index (χ0v) is 13.1. The first-order valence-electron chi connectivity index (χ1n) is 6.30. The lowest BCUT2D eigenvalue weighted by atomic mass is 10.6. The van der Waals surface area contributed by atoms with E-state index in [9.17, 15) is 0 Å². The van der Waals surface area contributed by atoms with Gasteiger partial charge >= 0.3 is 0 Å². The van der Waals surface area contributed by atoms with Crippen molar-refractivity contribution >= 4 is 8.07 Å². The second kappa shape index (κ2) is 10.0. The van der Waals surface area contributed by atoms with E-state index in [1.165, 1.54) is 0 Å².